The van der Waals surface area contributed by atoms with Gasteiger partial charge in [0.25, 0.3) is 0 Å². The van der Waals surface area contributed by atoms with E-state index in [1.807, 2.05) is 18.0 Å². The summed E-state index contributed by atoms with van der Waals surface area (Å²) < 4.78 is 42.1. The van der Waals surface area contributed by atoms with Crippen molar-refractivity contribution in [1.82, 2.24) is 14.8 Å². The lowest BCUT2D eigenvalue weighted by molar-refractivity contribution is -0.137. The van der Waals surface area contributed by atoms with E-state index in [2.05, 4.69) is 16.9 Å². The smallest absolute Gasteiger partial charge is 0.418 e. The van der Waals surface area contributed by atoms with E-state index in [4.69, 9.17) is 5.11 Å². The van der Waals surface area contributed by atoms with Crippen LogP contribution < -0.4 is 4.90 Å². The zero-order valence-electron chi connectivity index (χ0n) is 21.1. The third kappa shape index (κ3) is 5.30. The number of alkyl halides is 3. The van der Waals surface area contributed by atoms with E-state index < -0.39 is 17.7 Å². The minimum Gasteiger partial charge on any atom is -0.477 e. The van der Waals surface area contributed by atoms with E-state index >= 15 is 0 Å². The van der Waals surface area contributed by atoms with Crippen LogP contribution in [0.5, 0.6) is 0 Å². The molecule has 11 heteroatoms. The molecule has 1 aromatic carbocycles. The van der Waals surface area contributed by atoms with Crippen molar-refractivity contribution in [1.29, 1.82) is 0 Å². The zero-order valence-corrected chi connectivity index (χ0v) is 21.1. The van der Waals surface area contributed by atoms with Gasteiger partial charge in [0.1, 0.15) is 5.71 Å². The average Bonchev–Trinajstić information content (AvgIpc) is 3.51. The molecule has 2 amide bonds. The molecule has 1 aromatic rings. The summed E-state index contributed by atoms with van der Waals surface area (Å²) in [6.45, 7) is 6.68. The Morgan fingerprint density at radius 3 is 2.31 bits per heavy atom. The number of likely N-dealkylation sites (tertiary alicyclic amines) is 1. The minimum absolute atomic E-state index is 0.0193. The Kier molecular flexibility index (Phi) is 7.23. The molecule has 0 unspecified atom stereocenters. The fraction of sp³-hybridized carbons (Fsp3) is 0.640. The number of amides is 2. The molecule has 4 rings (SSSR count). The standard InChI is InChI=1S/C25H34F3N5O3/c1-17-14-18(15-19(25(26,27)28)21(17)31-9-4-5-10-31)16-30(3)24(2)7-12-32(13-8-24)23(36)33-11-6-20(29-33)22(34)35/h14-15H,4-13,16H2,1-3H3,(H,34,35). The summed E-state index contributed by atoms with van der Waals surface area (Å²) in [5.41, 5.74) is 0.696. The molecule has 1 N–H and O–H groups in total. The van der Waals surface area contributed by atoms with Crippen LogP contribution in [0.3, 0.4) is 0 Å². The van der Waals surface area contributed by atoms with Crippen LogP contribution in [-0.2, 0) is 17.5 Å². The first-order valence-electron chi connectivity index (χ1n) is 12.4. The number of carboxylic acid groups (broad SMARTS) is 1. The van der Waals surface area contributed by atoms with Gasteiger partial charge in [0.2, 0.25) is 0 Å². The van der Waals surface area contributed by atoms with E-state index in [0.717, 1.165) is 12.8 Å². The van der Waals surface area contributed by atoms with E-state index in [1.165, 1.54) is 11.1 Å². The Bertz CT molecular complexity index is 1040. The van der Waals surface area contributed by atoms with Crippen molar-refractivity contribution in [2.45, 2.75) is 64.2 Å². The maximum absolute atomic E-state index is 14.0. The normalized spacial score (nSPS) is 20.3. The van der Waals surface area contributed by atoms with Gasteiger partial charge in [-0.3, -0.25) is 4.90 Å². The number of carbonyl (C=O) groups is 2. The number of halogens is 3. The van der Waals surface area contributed by atoms with Crippen LogP contribution in [0.4, 0.5) is 23.7 Å². The third-order valence-corrected chi connectivity index (χ3v) is 7.81. The lowest BCUT2D eigenvalue weighted by Gasteiger charge is -2.45. The monoisotopic (exact) mass is 509 g/mol. The van der Waals surface area contributed by atoms with Gasteiger partial charge < -0.3 is 14.9 Å². The minimum atomic E-state index is -4.43. The van der Waals surface area contributed by atoms with Crippen molar-refractivity contribution < 1.29 is 27.9 Å². The molecule has 0 aliphatic carbocycles. The van der Waals surface area contributed by atoms with Gasteiger partial charge in [-0.25, -0.2) is 14.6 Å². The molecule has 0 bridgehead atoms. The van der Waals surface area contributed by atoms with Gasteiger partial charge >= 0.3 is 18.2 Å². The lowest BCUT2D eigenvalue weighted by atomic mass is 9.87. The summed E-state index contributed by atoms with van der Waals surface area (Å²) in [6.07, 6.45) is -1.09. The van der Waals surface area contributed by atoms with Crippen LogP contribution in [0.2, 0.25) is 0 Å². The molecular formula is C25H34F3N5O3. The number of hydrazone groups is 1. The molecule has 2 saturated heterocycles. The van der Waals surface area contributed by atoms with Crippen LogP contribution in [0.15, 0.2) is 17.2 Å². The summed E-state index contributed by atoms with van der Waals surface area (Å²) in [6, 6.07) is 2.86. The van der Waals surface area contributed by atoms with E-state index in [-0.39, 0.29) is 30.2 Å². The van der Waals surface area contributed by atoms with Crippen LogP contribution in [-0.4, -0.2) is 82.9 Å². The Morgan fingerprint density at radius 2 is 1.75 bits per heavy atom. The highest BCUT2D eigenvalue weighted by atomic mass is 19.4. The van der Waals surface area contributed by atoms with Crippen LogP contribution in [0.25, 0.3) is 0 Å². The Hall–Kier alpha value is -2.82. The third-order valence-electron chi connectivity index (χ3n) is 7.81. The molecule has 2 fully saturated rings. The number of carbonyl (C=O) groups excluding carboxylic acids is 1. The summed E-state index contributed by atoms with van der Waals surface area (Å²) in [5.74, 6) is -1.12. The van der Waals surface area contributed by atoms with Gasteiger partial charge in [0, 0.05) is 44.7 Å². The highest BCUT2D eigenvalue weighted by Crippen LogP contribution is 2.41. The second-order valence-corrected chi connectivity index (χ2v) is 10.3. The Morgan fingerprint density at radius 1 is 1.11 bits per heavy atom. The number of aryl methyl sites for hydroxylation is 1. The number of rotatable bonds is 5. The quantitative estimate of drug-likeness (QED) is 0.645. The molecule has 0 spiro atoms. The highest BCUT2D eigenvalue weighted by molar-refractivity contribution is 6.36. The molecule has 3 heterocycles. The first-order valence-corrected chi connectivity index (χ1v) is 12.4. The number of benzene rings is 1. The van der Waals surface area contributed by atoms with Gasteiger partial charge in [-0.2, -0.15) is 18.3 Å². The molecule has 3 aliphatic rings. The van der Waals surface area contributed by atoms with Crippen LogP contribution in [0.1, 0.15) is 55.7 Å². The Labute approximate surface area is 209 Å². The van der Waals surface area contributed by atoms with Crippen molar-refractivity contribution >= 4 is 23.4 Å². The number of hydrogen-bond donors (Lipinski definition) is 1. The fourth-order valence-corrected chi connectivity index (χ4v) is 5.46. The number of nitrogens with zero attached hydrogens (tertiary/aromatic N) is 5. The summed E-state index contributed by atoms with van der Waals surface area (Å²) in [7, 11) is 1.92. The molecule has 0 radical (unpaired) electrons. The maximum Gasteiger partial charge on any atom is 0.418 e. The lowest BCUT2D eigenvalue weighted by Crippen LogP contribution is -2.54. The average molecular weight is 510 g/mol. The van der Waals surface area contributed by atoms with Gasteiger partial charge in [0.05, 0.1) is 17.8 Å². The molecule has 3 aliphatic heterocycles. The molecule has 0 aromatic heterocycles. The van der Waals surface area contributed by atoms with Crippen LogP contribution in [0, 0.1) is 6.92 Å². The van der Waals surface area contributed by atoms with Crippen molar-refractivity contribution in [3.63, 3.8) is 0 Å². The van der Waals surface area contributed by atoms with Crippen molar-refractivity contribution in [3.05, 3.63) is 28.8 Å². The SMILES string of the molecule is Cc1cc(CN(C)C2(C)CCN(C(=O)N3CCC(C(=O)O)=N3)CC2)cc(C(F)(F)F)c1N1CCCC1. The number of hydrogen-bond acceptors (Lipinski definition) is 5. The number of carboxylic acids is 1. The van der Waals surface area contributed by atoms with E-state index in [9.17, 15) is 22.8 Å². The number of urea groups is 1. The van der Waals surface area contributed by atoms with E-state index in [0.29, 0.717) is 62.4 Å². The van der Waals surface area contributed by atoms with Crippen molar-refractivity contribution in [2.75, 3.05) is 44.7 Å². The van der Waals surface area contributed by atoms with Gasteiger partial charge in [-0.1, -0.05) is 6.07 Å². The summed E-state index contributed by atoms with van der Waals surface area (Å²) >= 11 is 0. The first kappa shape index (κ1) is 26.2. The topological polar surface area (TPSA) is 79.7 Å². The van der Waals surface area contributed by atoms with Crippen molar-refractivity contribution in [2.24, 2.45) is 5.10 Å². The summed E-state index contributed by atoms with van der Waals surface area (Å²) in [5, 5.41) is 14.2. The molecule has 0 atom stereocenters. The maximum atomic E-state index is 14.0. The largest absolute Gasteiger partial charge is 0.477 e. The van der Waals surface area contributed by atoms with Crippen LogP contribution >= 0.6 is 0 Å². The number of piperidine rings is 1. The predicted molar refractivity (Wildman–Crippen MR) is 130 cm³/mol. The number of anilines is 1. The van der Waals surface area contributed by atoms with Gasteiger partial charge in [0.15, 0.2) is 0 Å². The molecule has 0 saturated carbocycles. The van der Waals surface area contributed by atoms with Gasteiger partial charge in [-0.05, 0) is 63.8 Å². The molecule has 198 valence electrons. The van der Waals surface area contributed by atoms with Gasteiger partial charge in [-0.15, -0.1) is 0 Å². The Balaban J connectivity index is 1.43. The molecule has 8 nitrogen and oxygen atoms in total. The highest BCUT2D eigenvalue weighted by Gasteiger charge is 2.39. The van der Waals surface area contributed by atoms with Crippen molar-refractivity contribution in [3.8, 4) is 0 Å². The number of aliphatic carboxylic acids is 1. The first-order chi connectivity index (χ1) is 16.9. The molecular weight excluding hydrogens is 475 g/mol. The second kappa shape index (κ2) is 9.91. The molecule has 36 heavy (non-hydrogen) atoms. The second-order valence-electron chi connectivity index (χ2n) is 10.3. The summed E-state index contributed by atoms with van der Waals surface area (Å²) in [4.78, 5) is 29.5. The zero-order chi connectivity index (χ0) is 26.3. The predicted octanol–water partition coefficient (Wildman–Crippen LogP) is 4.17. The fourth-order valence-electron chi connectivity index (χ4n) is 5.46. The van der Waals surface area contributed by atoms with E-state index in [1.54, 1.807) is 11.8 Å².